The van der Waals surface area contributed by atoms with E-state index in [1.807, 2.05) is 7.05 Å². The highest BCUT2D eigenvalue weighted by Crippen LogP contribution is 2.19. The first-order valence-electron chi connectivity index (χ1n) is 9.08. The van der Waals surface area contributed by atoms with Crippen LogP contribution >= 0.6 is 12.4 Å². The Balaban J connectivity index is 0.00000338. The maximum atomic E-state index is 13.7. The lowest BCUT2D eigenvalue weighted by molar-refractivity contribution is -0.123. The third-order valence-electron chi connectivity index (χ3n) is 4.86. The lowest BCUT2D eigenvalue weighted by atomic mass is 9.93. The highest BCUT2D eigenvalue weighted by atomic mass is 35.5. The van der Waals surface area contributed by atoms with Crippen LogP contribution in [0, 0.1) is 17.6 Å². The van der Waals surface area contributed by atoms with Crippen LogP contribution in [-0.4, -0.2) is 50.1 Å². The van der Waals surface area contributed by atoms with E-state index in [0.717, 1.165) is 38.4 Å². The molecule has 7 heteroatoms. The van der Waals surface area contributed by atoms with Gasteiger partial charge in [0.1, 0.15) is 11.6 Å². The predicted molar refractivity (Wildman–Crippen MR) is 103 cm³/mol. The van der Waals surface area contributed by atoms with Gasteiger partial charge in [0.2, 0.25) is 5.91 Å². The number of piperidine rings is 1. The van der Waals surface area contributed by atoms with E-state index in [4.69, 9.17) is 0 Å². The number of hydrogen-bond donors (Lipinski definition) is 2. The molecule has 4 nitrogen and oxygen atoms in total. The normalized spacial score (nSPS) is 16.8. The number of carbonyl (C=O) groups is 1. The predicted octanol–water partition coefficient (Wildman–Crippen LogP) is 2.76. The van der Waals surface area contributed by atoms with Crippen LogP contribution in [-0.2, 0) is 11.2 Å². The summed E-state index contributed by atoms with van der Waals surface area (Å²) in [5.74, 6) is -0.484. The second kappa shape index (κ2) is 11.5. The van der Waals surface area contributed by atoms with Gasteiger partial charge in [-0.3, -0.25) is 9.69 Å². The third kappa shape index (κ3) is 7.17. The largest absolute Gasteiger partial charge is 0.352 e. The van der Waals surface area contributed by atoms with Crippen LogP contribution in [0.3, 0.4) is 0 Å². The number of rotatable bonds is 8. The molecule has 148 valence electrons. The van der Waals surface area contributed by atoms with Gasteiger partial charge in [0.15, 0.2) is 0 Å². The molecule has 1 unspecified atom stereocenters. The summed E-state index contributed by atoms with van der Waals surface area (Å²) in [5.41, 5.74) is 0.0284. The smallest absolute Gasteiger partial charge is 0.234 e. The van der Waals surface area contributed by atoms with Crippen LogP contribution in [0.25, 0.3) is 0 Å². The van der Waals surface area contributed by atoms with Gasteiger partial charge in [-0.05, 0) is 77.3 Å². The summed E-state index contributed by atoms with van der Waals surface area (Å²) in [5, 5.41) is 6.03. The van der Waals surface area contributed by atoms with Crippen LogP contribution < -0.4 is 10.6 Å². The van der Waals surface area contributed by atoms with Crippen LogP contribution in [0.15, 0.2) is 18.2 Å². The number of halogens is 3. The lowest BCUT2D eigenvalue weighted by Gasteiger charge is -2.31. The number of amides is 1. The molecule has 0 spiro atoms. The highest BCUT2D eigenvalue weighted by molar-refractivity contribution is 5.85. The van der Waals surface area contributed by atoms with Gasteiger partial charge in [-0.2, -0.15) is 0 Å². The summed E-state index contributed by atoms with van der Waals surface area (Å²) in [6, 6.07) is 3.51. The topological polar surface area (TPSA) is 44.4 Å². The maximum Gasteiger partial charge on any atom is 0.234 e. The minimum Gasteiger partial charge on any atom is -0.352 e. The molecule has 1 aromatic rings. The van der Waals surface area contributed by atoms with E-state index in [0.29, 0.717) is 6.54 Å². The molecule has 0 aliphatic carbocycles. The van der Waals surface area contributed by atoms with E-state index in [-0.39, 0.29) is 36.3 Å². The standard InChI is InChI=1S/C19H29F2N3O.ClH/c1-14(12-16-17(20)4-3-5-18(16)21)23-19(25)13-24-10-7-15(8-11-24)6-9-22-2;/h3-5,14-15,22H,6-13H2,1-2H3,(H,23,25);1H. The molecule has 2 rings (SSSR count). The molecule has 2 N–H and O–H groups in total. The zero-order valence-corrected chi connectivity index (χ0v) is 16.4. The van der Waals surface area contributed by atoms with Gasteiger partial charge >= 0.3 is 0 Å². The molecule has 1 atom stereocenters. The zero-order valence-electron chi connectivity index (χ0n) is 15.6. The molecule has 1 saturated heterocycles. The Bertz CT molecular complexity index is 545. The summed E-state index contributed by atoms with van der Waals surface area (Å²) in [4.78, 5) is 14.3. The molecule has 0 aromatic heterocycles. The van der Waals surface area contributed by atoms with Gasteiger partial charge < -0.3 is 10.6 Å². The summed E-state index contributed by atoms with van der Waals surface area (Å²) in [6.45, 7) is 5.02. The second-order valence-corrected chi connectivity index (χ2v) is 6.98. The molecular formula is C19H30ClF2N3O. The van der Waals surface area contributed by atoms with Crippen molar-refractivity contribution in [2.45, 2.75) is 38.6 Å². The van der Waals surface area contributed by atoms with Gasteiger partial charge in [0.25, 0.3) is 0 Å². The van der Waals surface area contributed by atoms with Crippen molar-refractivity contribution in [1.82, 2.24) is 15.5 Å². The number of nitrogens with zero attached hydrogens (tertiary/aromatic N) is 1. The molecule has 1 aliphatic rings. The molecular weight excluding hydrogens is 360 g/mol. The molecule has 1 heterocycles. The number of hydrogen-bond acceptors (Lipinski definition) is 3. The van der Waals surface area contributed by atoms with Gasteiger partial charge in [-0.1, -0.05) is 6.07 Å². The fourth-order valence-corrected chi connectivity index (χ4v) is 3.39. The Morgan fingerprint density at radius 3 is 2.46 bits per heavy atom. The van der Waals surface area contributed by atoms with Gasteiger partial charge in [0, 0.05) is 11.6 Å². The Kier molecular flexibility index (Phi) is 10.1. The summed E-state index contributed by atoms with van der Waals surface area (Å²) in [7, 11) is 1.97. The molecule has 1 amide bonds. The monoisotopic (exact) mass is 389 g/mol. The summed E-state index contributed by atoms with van der Waals surface area (Å²) >= 11 is 0. The maximum absolute atomic E-state index is 13.7. The van der Waals surface area contributed by atoms with Crippen molar-refractivity contribution >= 4 is 18.3 Å². The lowest BCUT2D eigenvalue weighted by Crippen LogP contribution is -2.44. The van der Waals surface area contributed by atoms with Gasteiger partial charge in [0.05, 0.1) is 6.54 Å². The van der Waals surface area contributed by atoms with Crippen LogP contribution in [0.5, 0.6) is 0 Å². The molecule has 1 aliphatic heterocycles. The Morgan fingerprint density at radius 1 is 1.27 bits per heavy atom. The van der Waals surface area contributed by atoms with Crippen molar-refractivity contribution in [3.63, 3.8) is 0 Å². The van der Waals surface area contributed by atoms with Crippen LogP contribution in [0.4, 0.5) is 8.78 Å². The molecule has 1 aromatic carbocycles. The minimum absolute atomic E-state index is 0. The SMILES string of the molecule is CNCCC1CCN(CC(=O)NC(C)Cc2c(F)cccc2F)CC1.Cl. The van der Waals surface area contributed by atoms with Crippen molar-refractivity contribution < 1.29 is 13.6 Å². The van der Waals surface area contributed by atoms with Crippen LogP contribution in [0.2, 0.25) is 0 Å². The molecule has 0 radical (unpaired) electrons. The first-order chi connectivity index (χ1) is 12.0. The van der Waals surface area contributed by atoms with Crippen LogP contribution in [0.1, 0.15) is 31.7 Å². The molecule has 1 fully saturated rings. The Hall–Kier alpha value is -1.24. The quantitative estimate of drug-likeness (QED) is 0.718. The van der Waals surface area contributed by atoms with Gasteiger partial charge in [-0.25, -0.2) is 8.78 Å². The highest BCUT2D eigenvalue weighted by Gasteiger charge is 2.21. The van der Waals surface area contributed by atoms with Crippen molar-refractivity contribution in [2.24, 2.45) is 5.92 Å². The number of carbonyl (C=O) groups excluding carboxylic acids is 1. The fourth-order valence-electron chi connectivity index (χ4n) is 3.39. The van der Waals surface area contributed by atoms with Crippen molar-refractivity contribution in [1.29, 1.82) is 0 Å². The Morgan fingerprint density at radius 2 is 1.88 bits per heavy atom. The van der Waals surface area contributed by atoms with E-state index < -0.39 is 11.6 Å². The van der Waals surface area contributed by atoms with E-state index in [2.05, 4.69) is 15.5 Å². The van der Waals surface area contributed by atoms with Crippen molar-refractivity contribution in [2.75, 3.05) is 33.2 Å². The van der Waals surface area contributed by atoms with E-state index >= 15 is 0 Å². The fraction of sp³-hybridized carbons (Fsp3) is 0.632. The van der Waals surface area contributed by atoms with E-state index in [1.54, 1.807) is 6.92 Å². The minimum atomic E-state index is -0.565. The van der Waals surface area contributed by atoms with E-state index in [1.165, 1.54) is 24.6 Å². The zero-order chi connectivity index (χ0) is 18.2. The average Bonchev–Trinajstić information content (AvgIpc) is 2.57. The number of benzene rings is 1. The van der Waals surface area contributed by atoms with Crippen molar-refractivity contribution in [3.05, 3.63) is 35.4 Å². The summed E-state index contributed by atoms with van der Waals surface area (Å²) < 4.78 is 27.4. The molecule has 0 bridgehead atoms. The number of likely N-dealkylation sites (tertiary alicyclic amines) is 1. The Labute approximate surface area is 161 Å². The average molecular weight is 390 g/mol. The first-order valence-corrected chi connectivity index (χ1v) is 9.08. The first kappa shape index (κ1) is 22.8. The van der Waals surface area contributed by atoms with E-state index in [9.17, 15) is 13.6 Å². The summed E-state index contributed by atoms with van der Waals surface area (Å²) in [6.07, 6.45) is 3.56. The second-order valence-electron chi connectivity index (χ2n) is 6.98. The molecule has 0 saturated carbocycles. The van der Waals surface area contributed by atoms with Crippen molar-refractivity contribution in [3.8, 4) is 0 Å². The number of nitrogens with one attached hydrogen (secondary N) is 2. The third-order valence-corrected chi connectivity index (χ3v) is 4.86. The van der Waals surface area contributed by atoms with Gasteiger partial charge in [-0.15, -0.1) is 12.4 Å². The molecule has 26 heavy (non-hydrogen) atoms.